The van der Waals surface area contributed by atoms with Gasteiger partial charge in [0.15, 0.2) is 0 Å². The van der Waals surface area contributed by atoms with Crippen molar-refractivity contribution in [1.82, 2.24) is 10.2 Å². The molecule has 4 rings (SSSR count). The second-order valence-electron chi connectivity index (χ2n) is 7.71. The second-order valence-corrected chi connectivity index (χ2v) is 7.71. The van der Waals surface area contributed by atoms with Gasteiger partial charge >= 0.3 is 0 Å². The summed E-state index contributed by atoms with van der Waals surface area (Å²) in [4.78, 5) is 15.4. The number of fused-ring (bicyclic) bond motifs is 1. The summed E-state index contributed by atoms with van der Waals surface area (Å²) in [7, 11) is 0. The molecule has 148 valence electrons. The first-order valence-electron chi connectivity index (χ1n) is 10.3. The molecule has 2 aromatic carbocycles. The lowest BCUT2D eigenvalue weighted by Gasteiger charge is -2.33. The normalized spacial score (nSPS) is 24.0. The van der Waals surface area contributed by atoms with Crippen LogP contribution in [-0.4, -0.2) is 49.6 Å². The molecule has 5 nitrogen and oxygen atoms in total. The smallest absolute Gasteiger partial charge is 0.254 e. The van der Waals surface area contributed by atoms with Crippen LogP contribution in [0.1, 0.15) is 34.7 Å². The van der Waals surface area contributed by atoms with E-state index in [0.29, 0.717) is 31.0 Å². The molecular weight excluding hydrogens is 350 g/mol. The zero-order valence-electron chi connectivity index (χ0n) is 16.2. The lowest BCUT2D eigenvalue weighted by Crippen LogP contribution is -2.46. The summed E-state index contributed by atoms with van der Waals surface area (Å²) in [6, 6.07) is 18.5. The molecule has 2 heterocycles. The lowest BCUT2D eigenvalue weighted by molar-refractivity contribution is 0.0697. The maximum atomic E-state index is 13.3. The van der Waals surface area contributed by atoms with Gasteiger partial charge < -0.3 is 20.7 Å². The Morgan fingerprint density at radius 1 is 1.14 bits per heavy atom. The van der Waals surface area contributed by atoms with Crippen molar-refractivity contribution in [3.63, 3.8) is 0 Å². The molecule has 2 aromatic rings. The fourth-order valence-corrected chi connectivity index (χ4v) is 4.57. The number of amides is 1. The van der Waals surface area contributed by atoms with Gasteiger partial charge in [0, 0.05) is 36.5 Å². The first-order chi connectivity index (χ1) is 13.8. The molecule has 2 fully saturated rings. The molecule has 1 amide bonds. The Balaban J connectivity index is 1.50. The number of carbonyl (C=O) groups excluding carboxylic acids is 1. The van der Waals surface area contributed by atoms with Crippen molar-refractivity contribution in [1.29, 1.82) is 0 Å². The number of rotatable bonds is 6. The molecule has 0 aliphatic carbocycles. The molecule has 0 unspecified atom stereocenters. The maximum absolute atomic E-state index is 13.3. The van der Waals surface area contributed by atoms with Gasteiger partial charge in [-0.15, -0.1) is 0 Å². The summed E-state index contributed by atoms with van der Waals surface area (Å²) in [6.07, 6.45) is 1.84. The number of nitrogens with one attached hydrogen (secondary N) is 1. The SMILES string of the molecule is NCCCOc1ccc(C(=O)N2C[C@@H](c3ccccc3)[C@@H]3CNCC[C@@H]32)cc1. The van der Waals surface area contributed by atoms with E-state index in [2.05, 4.69) is 40.5 Å². The molecule has 0 saturated carbocycles. The van der Waals surface area contributed by atoms with Crippen LogP contribution in [0, 0.1) is 5.92 Å². The van der Waals surface area contributed by atoms with Crippen molar-refractivity contribution >= 4 is 5.91 Å². The predicted molar refractivity (Wildman–Crippen MR) is 111 cm³/mol. The van der Waals surface area contributed by atoms with Gasteiger partial charge in [-0.2, -0.15) is 0 Å². The van der Waals surface area contributed by atoms with E-state index in [1.54, 1.807) is 0 Å². The lowest BCUT2D eigenvalue weighted by atomic mass is 9.82. The van der Waals surface area contributed by atoms with E-state index in [1.807, 2.05) is 24.3 Å². The molecular formula is C23H29N3O2. The third-order valence-corrected chi connectivity index (χ3v) is 6.01. The Bertz CT molecular complexity index is 778. The highest BCUT2D eigenvalue weighted by Gasteiger charge is 2.45. The number of nitrogens with two attached hydrogens (primary N) is 1. The van der Waals surface area contributed by atoms with Gasteiger partial charge in [0.1, 0.15) is 5.75 Å². The minimum atomic E-state index is 0.129. The number of benzene rings is 2. The number of likely N-dealkylation sites (tertiary alicyclic amines) is 1. The van der Waals surface area contributed by atoms with Crippen molar-refractivity contribution in [3.8, 4) is 5.75 Å². The van der Waals surface area contributed by atoms with Crippen molar-refractivity contribution in [2.45, 2.75) is 24.8 Å². The summed E-state index contributed by atoms with van der Waals surface area (Å²) < 4.78 is 5.65. The standard InChI is InChI=1S/C23H29N3O2/c24-12-4-14-28-19-9-7-18(8-10-19)23(27)26-16-21(17-5-2-1-3-6-17)20-15-25-13-11-22(20)26/h1-3,5-10,20-22,25H,4,11-16,24H2/t20-,21-,22-/m0/s1. The molecule has 0 aromatic heterocycles. The number of ether oxygens (including phenoxy) is 1. The van der Waals surface area contributed by atoms with Gasteiger partial charge in [0.25, 0.3) is 5.91 Å². The first-order valence-corrected chi connectivity index (χ1v) is 10.3. The molecule has 0 spiro atoms. The van der Waals surface area contributed by atoms with Gasteiger partial charge in [0.2, 0.25) is 0 Å². The van der Waals surface area contributed by atoms with Gasteiger partial charge in [-0.1, -0.05) is 30.3 Å². The van der Waals surface area contributed by atoms with Crippen molar-refractivity contribution in [2.75, 3.05) is 32.8 Å². The van der Waals surface area contributed by atoms with Crippen LogP contribution in [0.5, 0.6) is 5.75 Å². The van der Waals surface area contributed by atoms with Crippen LogP contribution in [-0.2, 0) is 0 Å². The largest absolute Gasteiger partial charge is 0.494 e. The van der Waals surface area contributed by atoms with Crippen LogP contribution in [0.3, 0.4) is 0 Å². The zero-order chi connectivity index (χ0) is 19.3. The van der Waals surface area contributed by atoms with E-state index in [0.717, 1.165) is 43.8 Å². The second kappa shape index (κ2) is 8.76. The van der Waals surface area contributed by atoms with Crippen molar-refractivity contribution < 1.29 is 9.53 Å². The topological polar surface area (TPSA) is 67.6 Å². The highest BCUT2D eigenvalue weighted by atomic mass is 16.5. The third-order valence-electron chi connectivity index (χ3n) is 6.01. The van der Waals surface area contributed by atoms with Crippen molar-refractivity contribution in [3.05, 3.63) is 65.7 Å². The van der Waals surface area contributed by atoms with Gasteiger partial charge in [-0.3, -0.25) is 4.79 Å². The number of hydrogen-bond acceptors (Lipinski definition) is 4. The minimum Gasteiger partial charge on any atom is -0.494 e. The Labute approximate surface area is 166 Å². The Kier molecular flexibility index (Phi) is 5.93. The third kappa shape index (κ3) is 3.91. The van der Waals surface area contributed by atoms with E-state index < -0.39 is 0 Å². The summed E-state index contributed by atoms with van der Waals surface area (Å²) in [5, 5.41) is 3.52. The quantitative estimate of drug-likeness (QED) is 0.757. The van der Waals surface area contributed by atoms with E-state index >= 15 is 0 Å². The van der Waals surface area contributed by atoms with Crippen LogP contribution < -0.4 is 15.8 Å². The Morgan fingerprint density at radius 2 is 1.93 bits per heavy atom. The van der Waals surface area contributed by atoms with E-state index in [9.17, 15) is 4.79 Å². The molecule has 0 radical (unpaired) electrons. The van der Waals surface area contributed by atoms with Gasteiger partial charge in [0.05, 0.1) is 6.61 Å². The predicted octanol–water partition coefficient (Wildman–Crippen LogP) is 2.63. The molecule has 3 atom stereocenters. The fraction of sp³-hybridized carbons (Fsp3) is 0.435. The van der Waals surface area contributed by atoms with Crippen LogP contribution in [0.4, 0.5) is 0 Å². The molecule has 5 heteroatoms. The average Bonchev–Trinajstić information content (AvgIpc) is 3.14. The molecule has 3 N–H and O–H groups in total. The van der Waals surface area contributed by atoms with E-state index in [1.165, 1.54) is 5.56 Å². The minimum absolute atomic E-state index is 0.129. The number of hydrogen-bond donors (Lipinski definition) is 2. The molecule has 2 aliphatic rings. The average molecular weight is 380 g/mol. The highest BCUT2D eigenvalue weighted by Crippen LogP contribution is 2.40. The molecule has 0 bridgehead atoms. The van der Waals surface area contributed by atoms with E-state index in [4.69, 9.17) is 10.5 Å². The Hall–Kier alpha value is -2.37. The van der Waals surface area contributed by atoms with E-state index in [-0.39, 0.29) is 5.91 Å². The molecule has 2 saturated heterocycles. The van der Waals surface area contributed by atoms with Gasteiger partial charge in [-0.25, -0.2) is 0 Å². The molecule has 2 aliphatic heterocycles. The van der Waals surface area contributed by atoms with Crippen molar-refractivity contribution in [2.24, 2.45) is 11.7 Å². The summed E-state index contributed by atoms with van der Waals surface area (Å²) in [5.41, 5.74) is 7.57. The monoisotopic (exact) mass is 379 g/mol. The van der Waals surface area contributed by atoms with Gasteiger partial charge in [-0.05, 0) is 55.8 Å². The first kappa shape index (κ1) is 19.0. The Morgan fingerprint density at radius 3 is 2.68 bits per heavy atom. The summed E-state index contributed by atoms with van der Waals surface area (Å²) in [6.45, 7) is 3.95. The number of piperidine rings is 1. The summed E-state index contributed by atoms with van der Waals surface area (Å²) in [5.74, 6) is 1.78. The fourth-order valence-electron chi connectivity index (χ4n) is 4.57. The summed E-state index contributed by atoms with van der Waals surface area (Å²) >= 11 is 0. The van der Waals surface area contributed by atoms with Crippen LogP contribution in [0.25, 0.3) is 0 Å². The van der Waals surface area contributed by atoms with Crippen LogP contribution >= 0.6 is 0 Å². The zero-order valence-corrected chi connectivity index (χ0v) is 16.2. The molecule has 28 heavy (non-hydrogen) atoms. The number of nitrogens with zero attached hydrogens (tertiary/aromatic N) is 1. The van der Waals surface area contributed by atoms with Crippen LogP contribution in [0.15, 0.2) is 54.6 Å². The maximum Gasteiger partial charge on any atom is 0.254 e. The van der Waals surface area contributed by atoms with Crippen LogP contribution in [0.2, 0.25) is 0 Å². The highest BCUT2D eigenvalue weighted by molar-refractivity contribution is 5.95. The number of carbonyl (C=O) groups is 1.